The fourth-order valence-corrected chi connectivity index (χ4v) is 2.15. The van der Waals surface area contributed by atoms with Crippen molar-refractivity contribution in [3.63, 3.8) is 0 Å². The van der Waals surface area contributed by atoms with Gasteiger partial charge in [-0.25, -0.2) is 0 Å². The van der Waals surface area contributed by atoms with Gasteiger partial charge in [0.25, 0.3) is 0 Å². The van der Waals surface area contributed by atoms with Crippen LogP contribution in [0.25, 0.3) is 0 Å². The minimum atomic E-state index is -0.229. The smallest absolute Gasteiger partial charge is 0.0546 e. The maximum absolute atomic E-state index is 9.28. The SMILES string of the molecule is CC1=CCCC(C)(C)/C1=C/C[C@@H](C)O. The van der Waals surface area contributed by atoms with Crippen molar-refractivity contribution >= 4 is 0 Å². The van der Waals surface area contributed by atoms with Gasteiger partial charge in [-0.2, -0.15) is 0 Å². The van der Waals surface area contributed by atoms with Crippen molar-refractivity contribution in [2.75, 3.05) is 0 Å². The van der Waals surface area contributed by atoms with Gasteiger partial charge in [0, 0.05) is 0 Å². The number of hydrogen-bond acceptors (Lipinski definition) is 1. The van der Waals surface area contributed by atoms with Crippen LogP contribution < -0.4 is 0 Å². The zero-order valence-electron chi connectivity index (χ0n) is 9.80. The second kappa shape index (κ2) is 4.31. The molecule has 0 aromatic rings. The van der Waals surface area contributed by atoms with E-state index in [9.17, 15) is 5.11 Å². The molecule has 0 amide bonds. The van der Waals surface area contributed by atoms with Gasteiger partial charge in [-0.3, -0.25) is 0 Å². The summed E-state index contributed by atoms with van der Waals surface area (Å²) in [6, 6.07) is 0. The number of aliphatic hydroxyl groups excluding tert-OH is 1. The largest absolute Gasteiger partial charge is 0.393 e. The normalized spacial score (nSPS) is 26.1. The first-order chi connectivity index (χ1) is 6.43. The van der Waals surface area contributed by atoms with Gasteiger partial charge in [0.15, 0.2) is 0 Å². The molecular weight excluding hydrogens is 172 g/mol. The fraction of sp³-hybridized carbons (Fsp3) is 0.692. The van der Waals surface area contributed by atoms with Gasteiger partial charge >= 0.3 is 0 Å². The molecule has 80 valence electrons. The van der Waals surface area contributed by atoms with Gasteiger partial charge in [0.1, 0.15) is 0 Å². The Kier molecular flexibility index (Phi) is 3.54. The van der Waals surface area contributed by atoms with Crippen LogP contribution in [-0.4, -0.2) is 11.2 Å². The van der Waals surface area contributed by atoms with E-state index in [1.807, 2.05) is 6.92 Å². The predicted molar refractivity (Wildman–Crippen MR) is 61.2 cm³/mol. The van der Waals surface area contributed by atoms with Crippen molar-refractivity contribution in [3.8, 4) is 0 Å². The van der Waals surface area contributed by atoms with Crippen LogP contribution in [-0.2, 0) is 0 Å². The third kappa shape index (κ3) is 2.71. The molecule has 0 radical (unpaired) electrons. The molecule has 1 heteroatoms. The Morgan fingerprint density at radius 2 is 2.21 bits per heavy atom. The molecule has 0 saturated heterocycles. The topological polar surface area (TPSA) is 20.2 Å². The summed E-state index contributed by atoms with van der Waals surface area (Å²) in [5.74, 6) is 0. The number of aliphatic hydroxyl groups is 1. The lowest BCUT2D eigenvalue weighted by Gasteiger charge is -2.32. The molecule has 0 spiro atoms. The van der Waals surface area contributed by atoms with Crippen LogP contribution in [0, 0.1) is 5.41 Å². The first-order valence-electron chi connectivity index (χ1n) is 5.49. The summed E-state index contributed by atoms with van der Waals surface area (Å²) in [6.45, 7) is 8.59. The molecule has 1 N–H and O–H groups in total. The van der Waals surface area contributed by atoms with E-state index in [1.165, 1.54) is 24.0 Å². The lowest BCUT2D eigenvalue weighted by molar-refractivity contribution is 0.197. The van der Waals surface area contributed by atoms with Gasteiger partial charge < -0.3 is 5.11 Å². The molecule has 0 aromatic heterocycles. The highest BCUT2D eigenvalue weighted by Crippen LogP contribution is 2.40. The number of rotatable bonds is 2. The fourth-order valence-electron chi connectivity index (χ4n) is 2.15. The van der Waals surface area contributed by atoms with Crippen LogP contribution in [0.2, 0.25) is 0 Å². The Labute approximate surface area is 87.5 Å². The molecule has 1 aliphatic carbocycles. The average molecular weight is 194 g/mol. The molecule has 0 aromatic carbocycles. The van der Waals surface area contributed by atoms with E-state index in [4.69, 9.17) is 0 Å². The molecule has 1 rings (SSSR count). The van der Waals surface area contributed by atoms with Crippen LogP contribution >= 0.6 is 0 Å². The molecule has 0 unspecified atom stereocenters. The highest BCUT2D eigenvalue weighted by molar-refractivity contribution is 5.36. The van der Waals surface area contributed by atoms with Gasteiger partial charge in [-0.1, -0.05) is 31.6 Å². The van der Waals surface area contributed by atoms with E-state index < -0.39 is 0 Å². The molecule has 0 saturated carbocycles. The lowest BCUT2D eigenvalue weighted by Crippen LogP contribution is -2.19. The van der Waals surface area contributed by atoms with Gasteiger partial charge in [-0.05, 0) is 44.1 Å². The second-order valence-corrected chi connectivity index (χ2v) is 5.01. The van der Waals surface area contributed by atoms with Crippen LogP contribution in [0.4, 0.5) is 0 Å². The van der Waals surface area contributed by atoms with Gasteiger partial charge in [0.2, 0.25) is 0 Å². The third-order valence-corrected chi connectivity index (χ3v) is 3.04. The highest BCUT2D eigenvalue weighted by atomic mass is 16.3. The molecule has 0 heterocycles. The average Bonchev–Trinajstić information content (AvgIpc) is 2.01. The Morgan fingerprint density at radius 3 is 2.71 bits per heavy atom. The zero-order valence-corrected chi connectivity index (χ0v) is 9.80. The molecule has 0 fully saturated rings. The van der Waals surface area contributed by atoms with Crippen LogP contribution in [0.15, 0.2) is 23.3 Å². The Morgan fingerprint density at radius 1 is 1.57 bits per heavy atom. The first kappa shape index (κ1) is 11.5. The Hall–Kier alpha value is -0.560. The first-order valence-corrected chi connectivity index (χ1v) is 5.49. The molecule has 0 bridgehead atoms. The Bertz CT molecular complexity index is 256. The zero-order chi connectivity index (χ0) is 10.8. The van der Waals surface area contributed by atoms with Crippen LogP contribution in [0.3, 0.4) is 0 Å². The van der Waals surface area contributed by atoms with Crippen molar-refractivity contribution in [1.82, 2.24) is 0 Å². The standard InChI is InChI=1S/C13H22O/c1-10-6-5-9-13(3,4)12(10)8-7-11(2)14/h6,8,11,14H,5,7,9H2,1-4H3/b12-8+/t11-/m1/s1. The van der Waals surface area contributed by atoms with E-state index in [0.29, 0.717) is 0 Å². The van der Waals surface area contributed by atoms with E-state index >= 15 is 0 Å². The second-order valence-electron chi connectivity index (χ2n) is 5.01. The molecule has 0 aliphatic heterocycles. The quantitative estimate of drug-likeness (QED) is 0.714. The van der Waals surface area contributed by atoms with Crippen molar-refractivity contribution in [1.29, 1.82) is 0 Å². The summed E-state index contributed by atoms with van der Waals surface area (Å²) >= 11 is 0. The molecule has 1 aliphatic rings. The highest BCUT2D eigenvalue weighted by Gasteiger charge is 2.26. The van der Waals surface area contributed by atoms with Gasteiger partial charge in [0.05, 0.1) is 6.10 Å². The van der Waals surface area contributed by atoms with Crippen molar-refractivity contribution < 1.29 is 5.11 Å². The monoisotopic (exact) mass is 194 g/mol. The summed E-state index contributed by atoms with van der Waals surface area (Å²) < 4.78 is 0. The van der Waals surface area contributed by atoms with Crippen LogP contribution in [0.1, 0.15) is 47.0 Å². The maximum atomic E-state index is 9.28. The van der Waals surface area contributed by atoms with E-state index in [2.05, 4.69) is 32.9 Å². The van der Waals surface area contributed by atoms with E-state index in [-0.39, 0.29) is 11.5 Å². The van der Waals surface area contributed by atoms with Crippen molar-refractivity contribution in [3.05, 3.63) is 23.3 Å². The lowest BCUT2D eigenvalue weighted by atomic mass is 9.73. The number of allylic oxidation sites excluding steroid dienone is 3. The van der Waals surface area contributed by atoms with E-state index in [1.54, 1.807) is 0 Å². The Balaban J connectivity index is 2.85. The molecule has 14 heavy (non-hydrogen) atoms. The predicted octanol–water partition coefficient (Wildman–Crippen LogP) is 3.45. The summed E-state index contributed by atoms with van der Waals surface area (Å²) in [5, 5.41) is 9.28. The van der Waals surface area contributed by atoms with Gasteiger partial charge in [-0.15, -0.1) is 0 Å². The third-order valence-electron chi connectivity index (χ3n) is 3.04. The minimum Gasteiger partial charge on any atom is -0.393 e. The number of hydrogen-bond donors (Lipinski definition) is 1. The minimum absolute atomic E-state index is 0.229. The van der Waals surface area contributed by atoms with Crippen molar-refractivity contribution in [2.45, 2.75) is 53.1 Å². The summed E-state index contributed by atoms with van der Waals surface area (Å²) in [7, 11) is 0. The van der Waals surface area contributed by atoms with E-state index in [0.717, 1.165) is 6.42 Å². The molecule has 1 nitrogen and oxygen atoms in total. The molecular formula is C13H22O. The van der Waals surface area contributed by atoms with Crippen molar-refractivity contribution in [2.24, 2.45) is 5.41 Å². The summed E-state index contributed by atoms with van der Waals surface area (Å²) in [4.78, 5) is 0. The maximum Gasteiger partial charge on any atom is 0.0546 e. The summed E-state index contributed by atoms with van der Waals surface area (Å²) in [6.07, 6.45) is 7.45. The molecule has 1 atom stereocenters. The summed E-state index contributed by atoms with van der Waals surface area (Å²) in [5.41, 5.74) is 3.10. The van der Waals surface area contributed by atoms with Crippen LogP contribution in [0.5, 0.6) is 0 Å².